The summed E-state index contributed by atoms with van der Waals surface area (Å²) < 4.78 is 61.4. The van der Waals surface area contributed by atoms with Crippen LogP contribution in [-0.4, -0.2) is 24.0 Å². The first kappa shape index (κ1) is 11.4. The standard InChI is InChI=1S/C13H14FN3O3S/c1-9-4-6-10(7-5-9)21(19,20)17-8-11(14)12(15-2)16(3)13(17)18/h4-8H,1-3H3/i3D3. The third-order valence-corrected chi connectivity index (χ3v) is 4.47. The summed E-state index contributed by atoms with van der Waals surface area (Å²) in [7, 11) is -3.37. The smallest absolute Gasteiger partial charge is 0.278 e. The Kier molecular flexibility index (Phi) is 2.88. The molecule has 0 bridgehead atoms. The van der Waals surface area contributed by atoms with E-state index in [0.717, 1.165) is 12.6 Å². The molecule has 0 fully saturated rings. The van der Waals surface area contributed by atoms with Gasteiger partial charge >= 0.3 is 5.69 Å². The molecule has 2 aromatic rings. The fraction of sp³-hybridized carbons (Fsp3) is 0.231. The molecule has 0 spiro atoms. The average Bonchev–Trinajstić information content (AvgIpc) is 2.47. The molecule has 21 heavy (non-hydrogen) atoms. The number of benzene rings is 1. The van der Waals surface area contributed by atoms with Gasteiger partial charge in [0.25, 0.3) is 10.0 Å². The summed E-state index contributed by atoms with van der Waals surface area (Å²) in [6, 6.07) is 5.49. The van der Waals surface area contributed by atoms with Crippen LogP contribution in [0.2, 0.25) is 0 Å². The molecule has 0 atom stereocenters. The van der Waals surface area contributed by atoms with E-state index in [-0.39, 0.29) is 13.4 Å². The summed E-state index contributed by atoms with van der Waals surface area (Å²) in [5.74, 6) is -1.25. The predicted molar refractivity (Wildman–Crippen MR) is 74.9 cm³/mol. The van der Waals surface area contributed by atoms with Crippen molar-refractivity contribution in [3.05, 3.63) is 57.8 Å². The lowest BCUT2D eigenvalue weighted by molar-refractivity contribution is 0.537. The van der Waals surface area contributed by atoms with E-state index in [9.17, 15) is 17.6 Å². The van der Waals surface area contributed by atoms with Crippen molar-refractivity contribution in [2.24, 2.45) is 12.0 Å². The zero-order valence-corrected chi connectivity index (χ0v) is 12.1. The van der Waals surface area contributed by atoms with Gasteiger partial charge in [-0.25, -0.2) is 17.6 Å². The number of hydrogen-bond donors (Lipinski definition) is 0. The molecule has 1 heterocycles. The van der Waals surface area contributed by atoms with Crippen LogP contribution in [-0.2, 0) is 17.0 Å². The van der Waals surface area contributed by atoms with Gasteiger partial charge in [0.15, 0.2) is 11.3 Å². The van der Waals surface area contributed by atoms with Crippen LogP contribution in [0.4, 0.5) is 4.39 Å². The van der Waals surface area contributed by atoms with Gasteiger partial charge in [-0.3, -0.25) is 9.56 Å². The zero-order chi connectivity index (χ0) is 18.3. The van der Waals surface area contributed by atoms with Crippen LogP contribution in [0.15, 0.2) is 45.1 Å². The monoisotopic (exact) mass is 314 g/mol. The molecule has 0 aliphatic heterocycles. The Balaban J connectivity index is 2.89. The summed E-state index contributed by atoms with van der Waals surface area (Å²) >= 11 is 0. The fourth-order valence-electron chi connectivity index (χ4n) is 1.71. The van der Waals surface area contributed by atoms with Gasteiger partial charge < -0.3 is 0 Å². The Hall–Kier alpha value is -2.22. The van der Waals surface area contributed by atoms with E-state index in [1.54, 1.807) is 6.92 Å². The van der Waals surface area contributed by atoms with Crippen molar-refractivity contribution in [2.45, 2.75) is 11.8 Å². The van der Waals surface area contributed by atoms with E-state index in [4.69, 9.17) is 4.11 Å². The first-order chi connectivity index (χ1) is 11.0. The van der Waals surface area contributed by atoms with Crippen LogP contribution in [0, 0.1) is 12.7 Å². The molecule has 0 amide bonds. The Labute approximate surface area is 125 Å². The van der Waals surface area contributed by atoms with Crippen molar-refractivity contribution >= 4 is 10.0 Å². The van der Waals surface area contributed by atoms with E-state index in [1.807, 2.05) is 0 Å². The van der Waals surface area contributed by atoms with E-state index in [2.05, 4.69) is 4.99 Å². The SMILES string of the molecule is [2H]C([2H])([2H])n1c(=NC)c(F)cn(S(=O)(=O)c2ccc(C)cc2)c1=O. The minimum absolute atomic E-state index is 0.0358. The zero-order valence-electron chi connectivity index (χ0n) is 14.2. The second-order valence-electron chi connectivity index (χ2n) is 4.26. The van der Waals surface area contributed by atoms with Gasteiger partial charge in [-0.05, 0) is 19.1 Å². The van der Waals surface area contributed by atoms with E-state index < -0.39 is 34.0 Å². The summed E-state index contributed by atoms with van der Waals surface area (Å²) in [5.41, 5.74) is -1.40. The number of halogens is 1. The van der Waals surface area contributed by atoms with Crippen molar-refractivity contribution in [1.82, 2.24) is 8.54 Å². The third-order valence-electron chi connectivity index (χ3n) is 2.83. The molecule has 1 aromatic heterocycles. The van der Waals surface area contributed by atoms with Gasteiger partial charge in [0.2, 0.25) is 0 Å². The molecule has 1 aromatic carbocycles. The first-order valence-electron chi connectivity index (χ1n) is 7.30. The Bertz CT molecular complexity index is 1010. The summed E-state index contributed by atoms with van der Waals surface area (Å²) in [5, 5.41) is 0. The third kappa shape index (κ3) is 2.54. The molecular weight excluding hydrogens is 297 g/mol. The van der Waals surface area contributed by atoms with Gasteiger partial charge in [-0.1, -0.05) is 17.7 Å². The van der Waals surface area contributed by atoms with E-state index in [1.165, 1.54) is 24.3 Å². The number of nitrogens with zero attached hydrogens (tertiary/aromatic N) is 3. The largest absolute Gasteiger partial charge is 0.343 e. The molecule has 112 valence electrons. The average molecular weight is 314 g/mol. The molecule has 0 saturated heterocycles. The molecule has 0 aliphatic rings. The Morgan fingerprint density at radius 2 is 1.90 bits per heavy atom. The maximum Gasteiger partial charge on any atom is 0.343 e. The van der Waals surface area contributed by atoms with Crippen molar-refractivity contribution in [3.8, 4) is 0 Å². The molecule has 0 radical (unpaired) electrons. The van der Waals surface area contributed by atoms with Crippen molar-refractivity contribution in [3.63, 3.8) is 0 Å². The lowest BCUT2D eigenvalue weighted by Gasteiger charge is -2.10. The quantitative estimate of drug-likeness (QED) is 0.805. The van der Waals surface area contributed by atoms with Crippen molar-refractivity contribution in [2.75, 3.05) is 7.05 Å². The highest BCUT2D eigenvalue weighted by Gasteiger charge is 2.21. The van der Waals surface area contributed by atoms with Gasteiger partial charge in [-0.15, -0.1) is 0 Å². The normalized spacial score (nSPS) is 15.4. The van der Waals surface area contributed by atoms with E-state index in [0.29, 0.717) is 6.20 Å². The van der Waals surface area contributed by atoms with Crippen LogP contribution in [0.5, 0.6) is 0 Å². The van der Waals surface area contributed by atoms with Crippen LogP contribution in [0.25, 0.3) is 0 Å². The molecule has 6 nitrogen and oxygen atoms in total. The second-order valence-corrected chi connectivity index (χ2v) is 6.07. The number of aromatic nitrogens is 2. The highest BCUT2D eigenvalue weighted by Crippen LogP contribution is 2.12. The highest BCUT2D eigenvalue weighted by molar-refractivity contribution is 7.90. The summed E-state index contributed by atoms with van der Waals surface area (Å²) in [6.07, 6.45) is 0.419. The first-order valence-corrected chi connectivity index (χ1v) is 7.24. The van der Waals surface area contributed by atoms with E-state index >= 15 is 0 Å². The number of aryl methyl sites for hydroxylation is 1. The van der Waals surface area contributed by atoms with Crippen molar-refractivity contribution in [1.29, 1.82) is 0 Å². The highest BCUT2D eigenvalue weighted by atomic mass is 32.2. The van der Waals surface area contributed by atoms with Crippen LogP contribution in [0.1, 0.15) is 9.68 Å². The molecule has 0 N–H and O–H groups in total. The topological polar surface area (TPSA) is 73.4 Å². The summed E-state index contributed by atoms with van der Waals surface area (Å²) in [4.78, 5) is 15.5. The number of rotatable bonds is 2. The Morgan fingerprint density at radius 1 is 1.29 bits per heavy atom. The molecule has 8 heteroatoms. The van der Waals surface area contributed by atoms with Gasteiger partial charge in [-0.2, -0.15) is 3.97 Å². The molecule has 2 rings (SSSR count). The minimum Gasteiger partial charge on any atom is -0.278 e. The molecular formula is C13H14FN3O3S. The number of hydrogen-bond acceptors (Lipinski definition) is 4. The molecule has 0 aliphatic carbocycles. The second kappa shape index (κ2) is 5.28. The van der Waals surface area contributed by atoms with Gasteiger partial charge in [0.05, 0.1) is 11.1 Å². The fourth-order valence-corrected chi connectivity index (χ4v) is 2.94. The van der Waals surface area contributed by atoms with Gasteiger partial charge in [0.1, 0.15) is 0 Å². The van der Waals surface area contributed by atoms with Crippen LogP contribution in [0.3, 0.4) is 0 Å². The molecule has 0 unspecified atom stereocenters. The molecule has 0 saturated carbocycles. The maximum atomic E-state index is 14.1. The predicted octanol–water partition coefficient (Wildman–Crippen LogP) is 0.402. The minimum atomic E-state index is -4.47. The van der Waals surface area contributed by atoms with Crippen molar-refractivity contribution < 1.29 is 16.9 Å². The summed E-state index contributed by atoms with van der Waals surface area (Å²) in [6.45, 7) is -1.36. The van der Waals surface area contributed by atoms with Crippen LogP contribution >= 0.6 is 0 Å². The van der Waals surface area contributed by atoms with Gasteiger partial charge in [0, 0.05) is 18.1 Å². The maximum absolute atomic E-state index is 14.1. The Morgan fingerprint density at radius 3 is 2.43 bits per heavy atom. The van der Waals surface area contributed by atoms with Crippen LogP contribution < -0.4 is 11.2 Å². The lowest BCUT2D eigenvalue weighted by atomic mass is 10.2. The lowest BCUT2D eigenvalue weighted by Crippen LogP contribution is -2.42.